The monoisotopic (exact) mass is 319 g/mol. The van der Waals surface area contributed by atoms with Gasteiger partial charge in [-0.05, 0) is 31.3 Å². The maximum atomic E-state index is 12.2. The number of amides is 1. The van der Waals surface area contributed by atoms with Gasteiger partial charge >= 0.3 is 0 Å². The number of carbonyl (C=O) groups excluding carboxylic acids is 1. The molecule has 0 aliphatic carbocycles. The molecule has 0 aromatic heterocycles. The Morgan fingerprint density at radius 1 is 1.17 bits per heavy atom. The summed E-state index contributed by atoms with van der Waals surface area (Å²) >= 11 is 0. The van der Waals surface area contributed by atoms with Crippen molar-refractivity contribution >= 4 is 11.6 Å². The van der Waals surface area contributed by atoms with Crippen LogP contribution in [0.5, 0.6) is 0 Å². The molecule has 0 unspecified atom stereocenters. The van der Waals surface area contributed by atoms with E-state index in [1.54, 1.807) is 0 Å². The van der Waals surface area contributed by atoms with E-state index in [-0.39, 0.29) is 12.0 Å². The van der Waals surface area contributed by atoms with Crippen molar-refractivity contribution in [1.29, 1.82) is 0 Å². The zero-order valence-electron chi connectivity index (χ0n) is 13.7. The Hall–Kier alpha value is -1.63. The minimum Gasteiger partial charge on any atom is -0.376 e. The van der Waals surface area contributed by atoms with Crippen molar-refractivity contribution in [3.05, 3.63) is 29.8 Å². The molecule has 1 aromatic rings. The molecule has 0 saturated carbocycles. The van der Waals surface area contributed by atoms with Gasteiger partial charge in [-0.15, -0.1) is 0 Å². The predicted molar refractivity (Wildman–Crippen MR) is 89.0 cm³/mol. The summed E-state index contributed by atoms with van der Waals surface area (Å²) in [5, 5.41) is 2.91. The highest BCUT2D eigenvalue weighted by molar-refractivity contribution is 5.94. The van der Waals surface area contributed by atoms with E-state index in [1.165, 1.54) is 5.69 Å². The molecule has 0 spiro atoms. The average Bonchev–Trinajstić information content (AvgIpc) is 2.61. The highest BCUT2D eigenvalue weighted by atomic mass is 16.6. The molecule has 6 nitrogen and oxygen atoms in total. The number of nitrogens with one attached hydrogen (secondary N) is 1. The molecule has 2 heterocycles. The van der Waals surface area contributed by atoms with Gasteiger partial charge in [-0.25, -0.2) is 0 Å². The highest BCUT2D eigenvalue weighted by Crippen LogP contribution is 2.17. The number of anilines is 1. The molecule has 2 saturated heterocycles. The molecule has 1 atom stereocenters. The number of piperazine rings is 1. The van der Waals surface area contributed by atoms with Gasteiger partial charge < -0.3 is 24.6 Å². The second-order valence-corrected chi connectivity index (χ2v) is 6.11. The number of hydrogen-bond donors (Lipinski definition) is 1. The van der Waals surface area contributed by atoms with Crippen LogP contribution < -0.4 is 10.2 Å². The summed E-state index contributed by atoms with van der Waals surface area (Å²) in [6, 6.07) is 7.84. The van der Waals surface area contributed by atoms with E-state index >= 15 is 0 Å². The van der Waals surface area contributed by atoms with Crippen LogP contribution in [0.3, 0.4) is 0 Å². The Morgan fingerprint density at radius 3 is 2.57 bits per heavy atom. The van der Waals surface area contributed by atoms with Crippen LogP contribution >= 0.6 is 0 Å². The van der Waals surface area contributed by atoms with E-state index in [2.05, 4.69) is 22.2 Å². The summed E-state index contributed by atoms with van der Waals surface area (Å²) in [6.07, 6.45) is -0.0442. The molecule has 23 heavy (non-hydrogen) atoms. The van der Waals surface area contributed by atoms with Crippen LogP contribution in [0.2, 0.25) is 0 Å². The van der Waals surface area contributed by atoms with E-state index in [1.807, 2.05) is 24.3 Å². The van der Waals surface area contributed by atoms with E-state index in [9.17, 15) is 4.79 Å². The van der Waals surface area contributed by atoms with Crippen LogP contribution in [0.4, 0.5) is 5.69 Å². The normalized spacial score (nSPS) is 22.8. The highest BCUT2D eigenvalue weighted by Gasteiger charge is 2.17. The van der Waals surface area contributed by atoms with Gasteiger partial charge in [0.1, 0.15) is 0 Å². The average molecular weight is 319 g/mol. The van der Waals surface area contributed by atoms with Gasteiger partial charge in [0.05, 0.1) is 25.9 Å². The summed E-state index contributed by atoms with van der Waals surface area (Å²) in [4.78, 5) is 16.9. The Kier molecular flexibility index (Phi) is 5.48. The third-order valence-corrected chi connectivity index (χ3v) is 4.37. The van der Waals surface area contributed by atoms with Crippen LogP contribution in [-0.4, -0.2) is 76.5 Å². The molecule has 6 heteroatoms. The van der Waals surface area contributed by atoms with Crippen molar-refractivity contribution in [2.24, 2.45) is 0 Å². The van der Waals surface area contributed by atoms with Crippen molar-refractivity contribution in [3.63, 3.8) is 0 Å². The quantitative estimate of drug-likeness (QED) is 0.880. The molecule has 0 radical (unpaired) electrons. The third-order valence-electron chi connectivity index (χ3n) is 4.37. The van der Waals surface area contributed by atoms with Gasteiger partial charge in [0, 0.05) is 44.0 Å². The lowest BCUT2D eigenvalue weighted by Crippen LogP contribution is -2.44. The minimum absolute atomic E-state index is 0.0442. The van der Waals surface area contributed by atoms with E-state index < -0.39 is 0 Å². The van der Waals surface area contributed by atoms with Gasteiger partial charge in [-0.1, -0.05) is 0 Å². The largest absolute Gasteiger partial charge is 0.376 e. The van der Waals surface area contributed by atoms with E-state index in [0.717, 1.165) is 26.2 Å². The van der Waals surface area contributed by atoms with Crippen molar-refractivity contribution in [1.82, 2.24) is 10.2 Å². The van der Waals surface area contributed by atoms with Crippen LogP contribution in [-0.2, 0) is 9.47 Å². The lowest BCUT2D eigenvalue weighted by atomic mass is 10.1. The number of ether oxygens (including phenoxy) is 2. The summed E-state index contributed by atoms with van der Waals surface area (Å²) in [6.45, 7) is 6.47. The number of rotatable bonds is 4. The van der Waals surface area contributed by atoms with Gasteiger partial charge in [-0.3, -0.25) is 4.79 Å². The number of carbonyl (C=O) groups is 1. The molecule has 0 bridgehead atoms. The first kappa shape index (κ1) is 16.2. The standard InChI is InChI=1S/C17H25N3O3/c1-19-6-8-20(9-7-19)15-4-2-14(3-5-15)17(21)18-12-16-13-22-10-11-23-16/h2-5,16H,6-13H2,1H3,(H,18,21)/t16-/m0/s1. The van der Waals surface area contributed by atoms with Crippen molar-refractivity contribution in [2.75, 3.05) is 64.5 Å². The van der Waals surface area contributed by atoms with Gasteiger partial charge in [-0.2, -0.15) is 0 Å². The fourth-order valence-corrected chi connectivity index (χ4v) is 2.85. The number of nitrogens with zero attached hydrogens (tertiary/aromatic N) is 2. The number of likely N-dealkylation sites (N-methyl/N-ethyl adjacent to an activating group) is 1. The summed E-state index contributed by atoms with van der Waals surface area (Å²) in [5.74, 6) is -0.0656. The second kappa shape index (κ2) is 7.77. The Balaban J connectivity index is 1.50. The molecule has 2 fully saturated rings. The molecular weight excluding hydrogens is 294 g/mol. The number of benzene rings is 1. The molecule has 2 aliphatic heterocycles. The van der Waals surface area contributed by atoms with Crippen molar-refractivity contribution in [2.45, 2.75) is 6.10 Å². The van der Waals surface area contributed by atoms with Gasteiger partial charge in [0.15, 0.2) is 0 Å². The predicted octanol–water partition coefficient (Wildman–Crippen LogP) is 0.584. The first-order valence-electron chi connectivity index (χ1n) is 8.23. The van der Waals surface area contributed by atoms with E-state index in [0.29, 0.717) is 31.9 Å². The first-order chi connectivity index (χ1) is 11.2. The zero-order chi connectivity index (χ0) is 16.1. The summed E-state index contributed by atoms with van der Waals surface area (Å²) < 4.78 is 10.8. The lowest BCUT2D eigenvalue weighted by molar-refractivity contribution is -0.0855. The Bertz CT molecular complexity index is 506. The first-order valence-corrected chi connectivity index (χ1v) is 8.23. The summed E-state index contributed by atoms with van der Waals surface area (Å²) in [7, 11) is 2.14. The van der Waals surface area contributed by atoms with Crippen LogP contribution in [0, 0.1) is 0 Å². The molecule has 3 rings (SSSR count). The SMILES string of the molecule is CN1CCN(c2ccc(C(=O)NC[C@H]3COCCO3)cc2)CC1. The fraction of sp³-hybridized carbons (Fsp3) is 0.588. The minimum atomic E-state index is -0.0656. The smallest absolute Gasteiger partial charge is 0.251 e. The Morgan fingerprint density at radius 2 is 1.91 bits per heavy atom. The van der Waals surface area contributed by atoms with Crippen molar-refractivity contribution in [3.8, 4) is 0 Å². The lowest BCUT2D eigenvalue weighted by Gasteiger charge is -2.34. The molecule has 1 amide bonds. The van der Waals surface area contributed by atoms with Crippen LogP contribution in [0.25, 0.3) is 0 Å². The topological polar surface area (TPSA) is 54.0 Å². The molecule has 1 aromatic carbocycles. The van der Waals surface area contributed by atoms with Crippen molar-refractivity contribution < 1.29 is 14.3 Å². The molecule has 126 valence electrons. The number of hydrogen-bond acceptors (Lipinski definition) is 5. The second-order valence-electron chi connectivity index (χ2n) is 6.11. The fourth-order valence-electron chi connectivity index (χ4n) is 2.85. The molecule has 2 aliphatic rings. The third kappa shape index (κ3) is 4.43. The summed E-state index contributed by atoms with van der Waals surface area (Å²) in [5.41, 5.74) is 1.86. The molecule has 1 N–H and O–H groups in total. The zero-order valence-corrected chi connectivity index (χ0v) is 13.7. The van der Waals surface area contributed by atoms with Crippen LogP contribution in [0.1, 0.15) is 10.4 Å². The van der Waals surface area contributed by atoms with E-state index in [4.69, 9.17) is 9.47 Å². The maximum Gasteiger partial charge on any atom is 0.251 e. The van der Waals surface area contributed by atoms with Gasteiger partial charge in [0.2, 0.25) is 0 Å². The van der Waals surface area contributed by atoms with Gasteiger partial charge in [0.25, 0.3) is 5.91 Å². The molecular formula is C17H25N3O3. The van der Waals surface area contributed by atoms with Crippen LogP contribution in [0.15, 0.2) is 24.3 Å². The Labute approximate surface area is 137 Å². The maximum absolute atomic E-state index is 12.2.